The minimum Gasteiger partial charge on any atom is -0.444 e. The number of nitrogens with one attached hydrogen (secondary N) is 1. The molecule has 1 saturated carbocycles. The fourth-order valence-corrected chi connectivity index (χ4v) is 2.44. The Balaban J connectivity index is 2.06. The molecule has 2 rings (SSSR count). The van der Waals surface area contributed by atoms with Crippen LogP contribution in [0, 0.1) is 0 Å². The summed E-state index contributed by atoms with van der Waals surface area (Å²) in [7, 11) is 0. The number of anilines is 1. The number of amides is 1. The molecule has 0 atom stereocenters. The van der Waals surface area contributed by atoms with Crippen molar-refractivity contribution in [2.75, 3.05) is 5.32 Å². The molecule has 1 aliphatic carbocycles. The number of ether oxygens (including phenoxy) is 3. The van der Waals surface area contributed by atoms with Crippen LogP contribution in [0.1, 0.15) is 71.4 Å². The molecule has 1 aliphatic rings. The molecule has 1 aromatic carbocycles. The van der Waals surface area contributed by atoms with E-state index < -0.39 is 23.5 Å². The van der Waals surface area contributed by atoms with Crippen LogP contribution < -0.4 is 5.32 Å². The molecule has 0 aliphatic heterocycles. The van der Waals surface area contributed by atoms with Gasteiger partial charge in [0.25, 0.3) is 0 Å². The van der Waals surface area contributed by atoms with Crippen LogP contribution in [0.5, 0.6) is 0 Å². The minimum atomic E-state index is -0.704. The first-order valence-corrected chi connectivity index (χ1v) is 8.91. The number of carbonyl (C=O) groups excluding carboxylic acids is 2. The Morgan fingerprint density at radius 1 is 1.04 bits per heavy atom. The molecular weight excluding hydrogens is 334 g/mol. The maximum atomic E-state index is 12.0. The van der Waals surface area contributed by atoms with Gasteiger partial charge in [0.2, 0.25) is 0 Å². The van der Waals surface area contributed by atoms with Crippen LogP contribution in [0.3, 0.4) is 0 Å². The Morgan fingerprint density at radius 2 is 1.65 bits per heavy atom. The van der Waals surface area contributed by atoms with Crippen molar-refractivity contribution >= 4 is 17.9 Å². The van der Waals surface area contributed by atoms with Crippen molar-refractivity contribution in [3.63, 3.8) is 0 Å². The molecule has 1 aromatic rings. The summed E-state index contributed by atoms with van der Waals surface area (Å²) in [5.74, 6) is 0.489. The van der Waals surface area contributed by atoms with Gasteiger partial charge in [0, 0.05) is 5.69 Å². The van der Waals surface area contributed by atoms with Gasteiger partial charge >= 0.3 is 12.2 Å². The molecular formula is C20H29NO5. The fraction of sp³-hybridized carbons (Fsp3) is 0.600. The highest BCUT2D eigenvalue weighted by Crippen LogP contribution is 2.42. The van der Waals surface area contributed by atoms with E-state index in [9.17, 15) is 9.59 Å². The maximum absolute atomic E-state index is 12.0. The maximum Gasteiger partial charge on any atom is 0.509 e. The van der Waals surface area contributed by atoms with Gasteiger partial charge in [0.15, 0.2) is 0 Å². The van der Waals surface area contributed by atoms with Crippen molar-refractivity contribution in [3.05, 3.63) is 29.3 Å². The molecule has 1 N–H and O–H groups in total. The molecule has 0 spiro atoms. The molecule has 0 bridgehead atoms. The monoisotopic (exact) mass is 363 g/mol. The van der Waals surface area contributed by atoms with Crippen molar-refractivity contribution < 1.29 is 23.8 Å². The van der Waals surface area contributed by atoms with Crippen LogP contribution in [0.4, 0.5) is 15.3 Å². The van der Waals surface area contributed by atoms with Gasteiger partial charge in [-0.15, -0.1) is 0 Å². The van der Waals surface area contributed by atoms with E-state index in [1.165, 1.54) is 0 Å². The first-order chi connectivity index (χ1) is 11.9. The fourth-order valence-electron chi connectivity index (χ4n) is 2.44. The summed E-state index contributed by atoms with van der Waals surface area (Å²) in [5, 5.41) is 2.72. The van der Waals surface area contributed by atoms with E-state index in [1.807, 2.05) is 39.0 Å². The number of benzene rings is 1. The molecule has 144 valence electrons. The average molecular weight is 363 g/mol. The Labute approximate surface area is 155 Å². The lowest BCUT2D eigenvalue weighted by molar-refractivity contribution is -0.0109. The zero-order chi connectivity index (χ0) is 19.5. The van der Waals surface area contributed by atoms with Crippen LogP contribution >= 0.6 is 0 Å². The Morgan fingerprint density at radius 3 is 2.19 bits per heavy atom. The second-order valence-electron chi connectivity index (χ2n) is 8.57. The molecule has 1 amide bonds. The zero-order valence-electron chi connectivity index (χ0n) is 16.5. The molecule has 1 fully saturated rings. The van der Waals surface area contributed by atoms with Gasteiger partial charge in [0.05, 0.1) is 0 Å². The van der Waals surface area contributed by atoms with E-state index in [4.69, 9.17) is 14.2 Å². The Hall–Kier alpha value is -2.24. The lowest BCUT2D eigenvalue weighted by Gasteiger charge is -2.20. The van der Waals surface area contributed by atoms with E-state index in [-0.39, 0.29) is 6.61 Å². The smallest absolute Gasteiger partial charge is 0.444 e. The van der Waals surface area contributed by atoms with Crippen LogP contribution in [-0.4, -0.2) is 23.5 Å². The van der Waals surface area contributed by atoms with Crippen LogP contribution in [-0.2, 0) is 20.8 Å². The van der Waals surface area contributed by atoms with Crippen molar-refractivity contribution in [1.29, 1.82) is 0 Å². The molecule has 0 radical (unpaired) electrons. The van der Waals surface area contributed by atoms with E-state index >= 15 is 0 Å². The molecule has 0 heterocycles. The van der Waals surface area contributed by atoms with Crippen molar-refractivity contribution in [1.82, 2.24) is 0 Å². The third kappa shape index (κ3) is 6.94. The summed E-state index contributed by atoms with van der Waals surface area (Å²) in [6.07, 6.45) is 1.02. The van der Waals surface area contributed by atoms with Gasteiger partial charge in [-0.3, -0.25) is 5.32 Å². The average Bonchev–Trinajstić information content (AvgIpc) is 3.25. The molecule has 0 aromatic heterocycles. The van der Waals surface area contributed by atoms with Crippen molar-refractivity contribution in [2.45, 2.75) is 78.1 Å². The molecule has 0 unspecified atom stereocenters. The second-order valence-corrected chi connectivity index (χ2v) is 8.57. The summed E-state index contributed by atoms with van der Waals surface area (Å²) in [5.41, 5.74) is 1.44. The normalized spacial score (nSPS) is 14.5. The van der Waals surface area contributed by atoms with Gasteiger partial charge < -0.3 is 14.2 Å². The van der Waals surface area contributed by atoms with E-state index in [0.29, 0.717) is 11.6 Å². The zero-order valence-corrected chi connectivity index (χ0v) is 16.5. The minimum absolute atomic E-state index is 0.102. The predicted octanol–water partition coefficient (Wildman–Crippen LogP) is 5.36. The number of rotatable bonds is 4. The van der Waals surface area contributed by atoms with Gasteiger partial charge in [0.1, 0.15) is 17.8 Å². The predicted molar refractivity (Wildman–Crippen MR) is 99.3 cm³/mol. The van der Waals surface area contributed by atoms with Crippen molar-refractivity contribution in [2.24, 2.45) is 0 Å². The van der Waals surface area contributed by atoms with E-state index in [0.717, 1.165) is 24.0 Å². The van der Waals surface area contributed by atoms with Crippen LogP contribution in [0.25, 0.3) is 0 Å². The Kier molecular flexibility index (Phi) is 5.84. The van der Waals surface area contributed by atoms with Gasteiger partial charge in [-0.2, -0.15) is 0 Å². The SMILES string of the molecule is CC(C)(C)OC(=O)Nc1ccc(C2CC2)c(COC(=O)OC(C)(C)C)c1. The summed E-state index contributed by atoms with van der Waals surface area (Å²) in [6, 6.07) is 5.63. The first kappa shape index (κ1) is 20.1. The highest BCUT2D eigenvalue weighted by atomic mass is 16.7. The lowest BCUT2D eigenvalue weighted by Crippen LogP contribution is -2.27. The topological polar surface area (TPSA) is 73.9 Å². The quantitative estimate of drug-likeness (QED) is 0.729. The highest BCUT2D eigenvalue weighted by Gasteiger charge is 2.27. The lowest BCUT2D eigenvalue weighted by atomic mass is 10.0. The third-order valence-corrected chi connectivity index (χ3v) is 3.54. The standard InChI is InChI=1S/C20H29NO5/c1-19(2,3)25-17(22)21-15-9-10-16(13-7-8-13)14(11-15)12-24-18(23)26-20(4,5)6/h9-11,13H,7-8,12H2,1-6H3,(H,21,22). The molecule has 0 saturated heterocycles. The highest BCUT2D eigenvalue weighted by molar-refractivity contribution is 5.85. The molecule has 6 nitrogen and oxygen atoms in total. The second kappa shape index (κ2) is 7.56. The summed E-state index contributed by atoms with van der Waals surface area (Å²) >= 11 is 0. The van der Waals surface area contributed by atoms with E-state index in [1.54, 1.807) is 20.8 Å². The summed E-state index contributed by atoms with van der Waals surface area (Å²) in [4.78, 5) is 23.8. The van der Waals surface area contributed by atoms with E-state index in [2.05, 4.69) is 5.32 Å². The third-order valence-electron chi connectivity index (χ3n) is 3.54. The first-order valence-electron chi connectivity index (χ1n) is 8.91. The van der Waals surface area contributed by atoms with Crippen LogP contribution in [0.15, 0.2) is 18.2 Å². The van der Waals surface area contributed by atoms with Gasteiger partial charge in [-0.1, -0.05) is 6.07 Å². The van der Waals surface area contributed by atoms with Gasteiger partial charge in [-0.25, -0.2) is 9.59 Å². The van der Waals surface area contributed by atoms with Gasteiger partial charge in [-0.05, 0) is 83.6 Å². The summed E-state index contributed by atoms with van der Waals surface area (Å²) < 4.78 is 15.7. The van der Waals surface area contributed by atoms with Crippen LogP contribution in [0.2, 0.25) is 0 Å². The summed E-state index contributed by atoms with van der Waals surface area (Å²) in [6.45, 7) is 10.9. The number of hydrogen-bond acceptors (Lipinski definition) is 5. The van der Waals surface area contributed by atoms with Crippen molar-refractivity contribution in [3.8, 4) is 0 Å². The largest absolute Gasteiger partial charge is 0.509 e. The molecule has 6 heteroatoms. The number of hydrogen-bond donors (Lipinski definition) is 1. The number of carbonyl (C=O) groups is 2. The Bertz CT molecular complexity index is 666. The molecule has 26 heavy (non-hydrogen) atoms.